The van der Waals surface area contributed by atoms with Crippen LogP contribution in [-0.2, 0) is 6.54 Å². The lowest BCUT2D eigenvalue weighted by molar-refractivity contribution is 0.402. The van der Waals surface area contributed by atoms with Gasteiger partial charge in [-0.15, -0.1) is 0 Å². The van der Waals surface area contributed by atoms with E-state index in [1.807, 2.05) is 42.5 Å². The van der Waals surface area contributed by atoms with Crippen molar-refractivity contribution in [2.45, 2.75) is 6.54 Å². The molecule has 0 saturated carbocycles. The van der Waals surface area contributed by atoms with Gasteiger partial charge in [0.15, 0.2) is 0 Å². The van der Waals surface area contributed by atoms with Crippen LogP contribution in [0.4, 0.5) is 0 Å². The smallest absolute Gasteiger partial charge is 0.127 e. The van der Waals surface area contributed by atoms with Crippen molar-refractivity contribution in [2.24, 2.45) is 5.10 Å². The number of nitrogens with zero attached hydrogens (tertiary/aromatic N) is 1. The van der Waals surface area contributed by atoms with E-state index in [0.717, 1.165) is 28.4 Å². The number of nitrogens with one attached hydrogen (secondary N) is 1. The average molecular weight is 300 g/mol. The molecule has 0 aliphatic heterocycles. The second kappa shape index (κ2) is 7.93. The predicted molar refractivity (Wildman–Crippen MR) is 87.0 cm³/mol. The van der Waals surface area contributed by atoms with Gasteiger partial charge in [-0.2, -0.15) is 5.10 Å². The van der Waals surface area contributed by atoms with Gasteiger partial charge in [0, 0.05) is 11.1 Å². The van der Waals surface area contributed by atoms with Crippen LogP contribution in [0.2, 0.25) is 0 Å². The van der Waals surface area contributed by atoms with Gasteiger partial charge >= 0.3 is 0 Å². The fraction of sp³-hybridized carbons (Fsp3) is 0.235. The molecule has 0 bridgehead atoms. The van der Waals surface area contributed by atoms with E-state index >= 15 is 0 Å². The third-order valence-corrected chi connectivity index (χ3v) is 3.19. The van der Waals surface area contributed by atoms with Crippen LogP contribution in [0.5, 0.6) is 17.2 Å². The highest BCUT2D eigenvalue weighted by molar-refractivity contribution is 5.84. The molecular weight excluding hydrogens is 280 g/mol. The van der Waals surface area contributed by atoms with E-state index in [9.17, 15) is 0 Å². The molecule has 2 rings (SSSR count). The van der Waals surface area contributed by atoms with Crippen molar-refractivity contribution < 1.29 is 14.2 Å². The summed E-state index contributed by atoms with van der Waals surface area (Å²) in [4.78, 5) is 0. The average Bonchev–Trinajstić information content (AvgIpc) is 2.58. The molecule has 2 aromatic carbocycles. The van der Waals surface area contributed by atoms with Gasteiger partial charge < -0.3 is 19.6 Å². The fourth-order valence-corrected chi connectivity index (χ4v) is 2.04. The lowest BCUT2D eigenvalue weighted by Crippen LogP contribution is -2.07. The van der Waals surface area contributed by atoms with Crippen molar-refractivity contribution in [3.63, 3.8) is 0 Å². The normalized spacial score (nSPS) is 10.5. The Kier molecular flexibility index (Phi) is 5.65. The predicted octanol–water partition coefficient (Wildman–Crippen LogP) is 2.84. The molecule has 0 heterocycles. The summed E-state index contributed by atoms with van der Waals surface area (Å²) in [5.74, 6) is 2.33. The quantitative estimate of drug-likeness (QED) is 0.631. The molecule has 2 aromatic rings. The van der Waals surface area contributed by atoms with Gasteiger partial charge in [-0.1, -0.05) is 18.2 Å². The van der Waals surface area contributed by atoms with Crippen molar-refractivity contribution in [3.8, 4) is 17.2 Å². The largest absolute Gasteiger partial charge is 0.497 e. The Morgan fingerprint density at radius 3 is 2.45 bits per heavy atom. The maximum absolute atomic E-state index is 5.30. The number of hydrazone groups is 1. The summed E-state index contributed by atoms with van der Waals surface area (Å²) in [5, 5.41) is 4.23. The number of para-hydroxylation sites is 1. The van der Waals surface area contributed by atoms with Crippen LogP contribution in [0.15, 0.2) is 47.6 Å². The summed E-state index contributed by atoms with van der Waals surface area (Å²) in [6, 6.07) is 13.4. The minimum absolute atomic E-state index is 0.576. The van der Waals surface area contributed by atoms with E-state index in [1.165, 1.54) is 0 Å². The van der Waals surface area contributed by atoms with E-state index in [2.05, 4.69) is 10.5 Å². The van der Waals surface area contributed by atoms with Gasteiger partial charge in [-0.3, -0.25) is 0 Å². The van der Waals surface area contributed by atoms with Gasteiger partial charge in [0.2, 0.25) is 0 Å². The zero-order valence-corrected chi connectivity index (χ0v) is 13.0. The molecule has 0 unspecified atom stereocenters. The van der Waals surface area contributed by atoms with Crippen LogP contribution in [0.1, 0.15) is 11.1 Å². The van der Waals surface area contributed by atoms with E-state index in [4.69, 9.17) is 14.2 Å². The Labute approximate surface area is 130 Å². The summed E-state index contributed by atoms with van der Waals surface area (Å²) in [5.41, 5.74) is 4.89. The van der Waals surface area contributed by atoms with E-state index in [0.29, 0.717) is 6.54 Å². The first kappa shape index (κ1) is 15.7. The van der Waals surface area contributed by atoms with Crippen LogP contribution >= 0.6 is 0 Å². The number of methoxy groups -OCH3 is 3. The summed E-state index contributed by atoms with van der Waals surface area (Å²) in [7, 11) is 4.91. The number of rotatable bonds is 7. The van der Waals surface area contributed by atoms with Crippen molar-refractivity contribution in [1.82, 2.24) is 5.43 Å². The molecule has 5 nitrogen and oxygen atoms in total. The summed E-state index contributed by atoms with van der Waals surface area (Å²) < 4.78 is 15.8. The van der Waals surface area contributed by atoms with Crippen molar-refractivity contribution in [3.05, 3.63) is 53.6 Å². The molecule has 0 spiro atoms. The molecule has 0 radical (unpaired) electrons. The Morgan fingerprint density at radius 2 is 1.73 bits per heavy atom. The molecule has 1 N–H and O–H groups in total. The maximum Gasteiger partial charge on any atom is 0.127 e. The molecule has 5 heteroatoms. The standard InChI is InChI=1S/C17H20N2O3/c1-20-15-8-9-17(22-3)14(10-15)12-19-18-11-13-6-4-5-7-16(13)21-2/h4-10,12,18H,11H2,1-3H3/b19-12+. The van der Waals surface area contributed by atoms with Crippen LogP contribution in [0, 0.1) is 0 Å². The van der Waals surface area contributed by atoms with Gasteiger partial charge in [-0.05, 0) is 24.3 Å². The molecule has 0 atom stereocenters. The Hall–Kier alpha value is -2.69. The first-order valence-corrected chi connectivity index (χ1v) is 6.88. The third-order valence-electron chi connectivity index (χ3n) is 3.19. The van der Waals surface area contributed by atoms with Crippen molar-refractivity contribution >= 4 is 6.21 Å². The second-order valence-electron chi connectivity index (χ2n) is 4.51. The maximum atomic E-state index is 5.30. The van der Waals surface area contributed by atoms with Crippen LogP contribution in [0.25, 0.3) is 0 Å². The van der Waals surface area contributed by atoms with Crippen molar-refractivity contribution in [2.75, 3.05) is 21.3 Å². The van der Waals surface area contributed by atoms with E-state index < -0.39 is 0 Å². The summed E-state index contributed by atoms with van der Waals surface area (Å²) >= 11 is 0. The molecule has 0 saturated heterocycles. The van der Waals surface area contributed by atoms with Gasteiger partial charge in [0.25, 0.3) is 0 Å². The molecule has 0 aromatic heterocycles. The summed E-state index contributed by atoms with van der Waals surface area (Å²) in [6.07, 6.45) is 1.71. The molecule has 22 heavy (non-hydrogen) atoms. The highest BCUT2D eigenvalue weighted by atomic mass is 16.5. The monoisotopic (exact) mass is 300 g/mol. The minimum atomic E-state index is 0.576. The van der Waals surface area contributed by atoms with Crippen LogP contribution < -0.4 is 19.6 Å². The fourth-order valence-electron chi connectivity index (χ4n) is 2.04. The summed E-state index contributed by atoms with van der Waals surface area (Å²) in [6.45, 7) is 0.576. The lowest BCUT2D eigenvalue weighted by atomic mass is 10.2. The number of hydrogen-bond acceptors (Lipinski definition) is 5. The van der Waals surface area contributed by atoms with Gasteiger partial charge in [0.05, 0.1) is 34.1 Å². The number of hydrogen-bond donors (Lipinski definition) is 1. The van der Waals surface area contributed by atoms with Crippen molar-refractivity contribution in [1.29, 1.82) is 0 Å². The molecule has 0 aliphatic carbocycles. The Bertz CT molecular complexity index is 642. The topological polar surface area (TPSA) is 52.1 Å². The zero-order valence-electron chi connectivity index (χ0n) is 13.0. The molecule has 0 aliphatic rings. The molecule has 0 fully saturated rings. The highest BCUT2D eigenvalue weighted by Crippen LogP contribution is 2.22. The number of benzene rings is 2. The van der Waals surface area contributed by atoms with Crippen LogP contribution in [-0.4, -0.2) is 27.5 Å². The third kappa shape index (κ3) is 3.91. The molecule has 116 valence electrons. The Balaban J connectivity index is 2.03. The first-order chi connectivity index (χ1) is 10.8. The Morgan fingerprint density at radius 1 is 0.955 bits per heavy atom. The van der Waals surface area contributed by atoms with Crippen LogP contribution in [0.3, 0.4) is 0 Å². The number of ether oxygens (including phenoxy) is 3. The highest BCUT2D eigenvalue weighted by Gasteiger charge is 2.03. The zero-order chi connectivity index (χ0) is 15.8. The first-order valence-electron chi connectivity index (χ1n) is 6.88. The SMILES string of the molecule is COc1ccc(OC)c(/C=N/NCc2ccccc2OC)c1. The molecular formula is C17H20N2O3. The molecule has 0 amide bonds. The lowest BCUT2D eigenvalue weighted by Gasteiger charge is -2.08. The van der Waals surface area contributed by atoms with Gasteiger partial charge in [0.1, 0.15) is 17.2 Å². The van der Waals surface area contributed by atoms with E-state index in [1.54, 1.807) is 27.5 Å². The second-order valence-corrected chi connectivity index (χ2v) is 4.51. The van der Waals surface area contributed by atoms with Gasteiger partial charge in [-0.25, -0.2) is 0 Å². The minimum Gasteiger partial charge on any atom is -0.497 e. The van der Waals surface area contributed by atoms with E-state index in [-0.39, 0.29) is 0 Å².